The molecular formula is C17H15NO3S. The maximum atomic E-state index is 12.3. The van der Waals surface area contributed by atoms with Crippen LogP contribution in [0.5, 0.6) is 0 Å². The predicted molar refractivity (Wildman–Crippen MR) is 83.5 cm³/mol. The number of benzene rings is 1. The fourth-order valence-electron chi connectivity index (χ4n) is 3.56. The summed E-state index contributed by atoms with van der Waals surface area (Å²) in [5, 5.41) is 12.0. The van der Waals surface area contributed by atoms with Crippen LogP contribution in [0.3, 0.4) is 0 Å². The average Bonchev–Trinajstić information content (AvgIpc) is 2.98. The van der Waals surface area contributed by atoms with Gasteiger partial charge in [0.25, 0.3) is 5.91 Å². The van der Waals surface area contributed by atoms with Crippen molar-refractivity contribution in [2.45, 2.75) is 24.8 Å². The van der Waals surface area contributed by atoms with Crippen LogP contribution in [0.1, 0.15) is 42.8 Å². The Morgan fingerprint density at radius 1 is 1.14 bits per heavy atom. The molecule has 1 fully saturated rings. The Hall–Kier alpha value is -2.14. The molecule has 4 nitrogen and oxygen atoms in total. The fourth-order valence-corrected chi connectivity index (χ4v) is 4.31. The van der Waals surface area contributed by atoms with Gasteiger partial charge in [-0.3, -0.25) is 4.79 Å². The van der Waals surface area contributed by atoms with E-state index < -0.39 is 5.97 Å². The van der Waals surface area contributed by atoms with Gasteiger partial charge in [0.2, 0.25) is 0 Å². The van der Waals surface area contributed by atoms with Crippen LogP contribution in [0, 0.1) is 5.92 Å². The van der Waals surface area contributed by atoms with E-state index in [1.165, 1.54) is 17.2 Å². The number of aryl methyl sites for hydroxylation is 1. The first kappa shape index (κ1) is 13.5. The van der Waals surface area contributed by atoms with E-state index in [-0.39, 0.29) is 16.8 Å². The molecule has 2 aliphatic carbocycles. The fraction of sp³-hybridized carbons (Fsp3) is 0.294. The van der Waals surface area contributed by atoms with E-state index in [4.69, 9.17) is 5.11 Å². The molecule has 2 N–H and O–H groups in total. The molecule has 0 radical (unpaired) electrons. The number of carbonyl (C=O) groups excluding carboxylic acids is 1. The first-order chi connectivity index (χ1) is 10.6. The highest BCUT2D eigenvalue weighted by molar-refractivity contribution is 7.15. The number of thiophene rings is 1. The predicted octanol–water partition coefficient (Wildman–Crippen LogP) is 2.90. The summed E-state index contributed by atoms with van der Waals surface area (Å²) in [5.74, 6) is -0.196. The lowest BCUT2D eigenvalue weighted by atomic mass is 9.92. The van der Waals surface area contributed by atoms with Crippen LogP contribution in [-0.4, -0.2) is 23.0 Å². The van der Waals surface area contributed by atoms with E-state index in [0.717, 1.165) is 24.2 Å². The second-order valence-corrected chi connectivity index (χ2v) is 6.98. The molecule has 22 heavy (non-hydrogen) atoms. The van der Waals surface area contributed by atoms with Gasteiger partial charge in [0, 0.05) is 12.0 Å². The van der Waals surface area contributed by atoms with Crippen molar-refractivity contribution >= 4 is 23.2 Å². The van der Waals surface area contributed by atoms with E-state index in [1.807, 2.05) is 0 Å². The summed E-state index contributed by atoms with van der Waals surface area (Å²) in [5.41, 5.74) is 2.76. The Balaban J connectivity index is 1.49. The van der Waals surface area contributed by atoms with Gasteiger partial charge in [-0.2, -0.15) is 0 Å². The van der Waals surface area contributed by atoms with Gasteiger partial charge >= 0.3 is 5.97 Å². The minimum atomic E-state index is -0.988. The maximum Gasteiger partial charge on any atom is 0.345 e. The third-order valence-electron chi connectivity index (χ3n) is 4.67. The molecule has 0 spiro atoms. The average molecular weight is 313 g/mol. The number of rotatable bonds is 3. The van der Waals surface area contributed by atoms with E-state index in [2.05, 4.69) is 29.6 Å². The molecular weight excluding hydrogens is 298 g/mol. The summed E-state index contributed by atoms with van der Waals surface area (Å²) in [6.45, 7) is 0. The van der Waals surface area contributed by atoms with Crippen LogP contribution in [0.25, 0.3) is 0 Å². The summed E-state index contributed by atoms with van der Waals surface area (Å²) in [6, 6.07) is 11.7. The second-order valence-electron chi connectivity index (χ2n) is 5.90. The smallest absolute Gasteiger partial charge is 0.345 e. The van der Waals surface area contributed by atoms with E-state index in [9.17, 15) is 9.59 Å². The molecule has 2 aromatic rings. The molecule has 112 valence electrons. The number of amides is 1. The summed E-state index contributed by atoms with van der Waals surface area (Å²) in [6.07, 6.45) is 2.18. The molecule has 2 aliphatic rings. The zero-order valence-electron chi connectivity index (χ0n) is 11.8. The van der Waals surface area contributed by atoms with Crippen molar-refractivity contribution in [1.29, 1.82) is 0 Å². The van der Waals surface area contributed by atoms with E-state index in [1.54, 1.807) is 6.07 Å². The van der Waals surface area contributed by atoms with Gasteiger partial charge < -0.3 is 10.4 Å². The highest BCUT2D eigenvalue weighted by atomic mass is 32.1. The molecule has 3 atom stereocenters. The minimum Gasteiger partial charge on any atom is -0.477 e. The third kappa shape index (κ3) is 2.13. The van der Waals surface area contributed by atoms with Crippen molar-refractivity contribution in [1.82, 2.24) is 5.32 Å². The highest BCUT2D eigenvalue weighted by Gasteiger charge is 2.53. The van der Waals surface area contributed by atoms with Crippen LogP contribution in [0.15, 0.2) is 36.4 Å². The van der Waals surface area contributed by atoms with Crippen LogP contribution < -0.4 is 5.32 Å². The molecule has 0 bridgehead atoms. The first-order valence-corrected chi connectivity index (χ1v) is 8.18. The van der Waals surface area contributed by atoms with Gasteiger partial charge in [-0.1, -0.05) is 24.3 Å². The van der Waals surface area contributed by atoms with Crippen molar-refractivity contribution in [2.24, 2.45) is 5.92 Å². The number of fused-ring (bicyclic) bond motifs is 3. The summed E-state index contributed by atoms with van der Waals surface area (Å²) >= 11 is 1.03. The van der Waals surface area contributed by atoms with Gasteiger partial charge in [-0.25, -0.2) is 4.79 Å². The number of carboxylic acids is 1. The molecule has 1 amide bonds. The quantitative estimate of drug-likeness (QED) is 0.915. The lowest BCUT2D eigenvalue weighted by Crippen LogP contribution is -2.26. The molecule has 1 heterocycles. The van der Waals surface area contributed by atoms with Crippen molar-refractivity contribution < 1.29 is 14.7 Å². The number of aromatic carboxylic acids is 1. The van der Waals surface area contributed by atoms with Crippen LogP contribution in [0.2, 0.25) is 0 Å². The maximum absolute atomic E-state index is 12.3. The summed E-state index contributed by atoms with van der Waals surface area (Å²) in [7, 11) is 0. The first-order valence-electron chi connectivity index (χ1n) is 7.37. The lowest BCUT2D eigenvalue weighted by molar-refractivity contribution is 0.0702. The second kappa shape index (κ2) is 4.95. The molecule has 1 saturated carbocycles. The minimum absolute atomic E-state index is 0.158. The Morgan fingerprint density at radius 2 is 1.91 bits per heavy atom. The molecule has 3 unspecified atom stereocenters. The topological polar surface area (TPSA) is 66.4 Å². The Morgan fingerprint density at radius 3 is 2.68 bits per heavy atom. The largest absolute Gasteiger partial charge is 0.477 e. The molecule has 5 heteroatoms. The van der Waals surface area contributed by atoms with Gasteiger partial charge in [0.05, 0.1) is 4.88 Å². The number of carboxylic acid groups (broad SMARTS) is 1. The number of hydrogen-bond acceptors (Lipinski definition) is 3. The SMILES string of the molecule is O=C(O)c1ccc(C(=O)NC2C3CCc4ccccc4C32)s1. The Bertz CT molecular complexity index is 767. The summed E-state index contributed by atoms with van der Waals surface area (Å²) < 4.78 is 0. The van der Waals surface area contributed by atoms with Gasteiger partial charge in [-0.05, 0) is 42.0 Å². The zero-order chi connectivity index (χ0) is 15.3. The van der Waals surface area contributed by atoms with Crippen molar-refractivity contribution in [3.63, 3.8) is 0 Å². The molecule has 1 aromatic carbocycles. The third-order valence-corrected chi connectivity index (χ3v) is 5.74. The van der Waals surface area contributed by atoms with Gasteiger partial charge in [0.1, 0.15) is 4.88 Å². The van der Waals surface area contributed by atoms with E-state index in [0.29, 0.717) is 16.7 Å². The van der Waals surface area contributed by atoms with E-state index >= 15 is 0 Å². The zero-order valence-corrected chi connectivity index (χ0v) is 12.6. The lowest BCUT2D eigenvalue weighted by Gasteiger charge is -2.13. The van der Waals surface area contributed by atoms with Crippen molar-refractivity contribution in [3.05, 3.63) is 57.3 Å². The standard InChI is InChI=1S/C17H15NO3S/c19-16(12-7-8-13(22-12)17(20)21)18-15-11-6-5-9-3-1-2-4-10(9)14(11)15/h1-4,7-8,11,14-15H,5-6H2,(H,18,19)(H,20,21). The van der Waals surface area contributed by atoms with Crippen molar-refractivity contribution in [2.75, 3.05) is 0 Å². The van der Waals surface area contributed by atoms with Gasteiger partial charge in [-0.15, -0.1) is 11.3 Å². The Labute approximate surface area is 131 Å². The van der Waals surface area contributed by atoms with Crippen LogP contribution in [0.4, 0.5) is 0 Å². The van der Waals surface area contributed by atoms with Crippen LogP contribution in [-0.2, 0) is 6.42 Å². The molecule has 1 aromatic heterocycles. The molecule has 4 rings (SSSR count). The number of nitrogens with one attached hydrogen (secondary N) is 1. The number of hydrogen-bond donors (Lipinski definition) is 2. The number of carbonyl (C=O) groups is 2. The van der Waals surface area contributed by atoms with Crippen molar-refractivity contribution in [3.8, 4) is 0 Å². The van der Waals surface area contributed by atoms with Gasteiger partial charge in [0.15, 0.2) is 0 Å². The Kier molecular flexibility index (Phi) is 3.04. The summed E-state index contributed by atoms with van der Waals surface area (Å²) in [4.78, 5) is 23.9. The normalized spacial score (nSPS) is 25.0. The molecule has 0 saturated heterocycles. The monoisotopic (exact) mass is 313 g/mol. The molecule has 0 aliphatic heterocycles. The van der Waals surface area contributed by atoms with Crippen LogP contribution >= 0.6 is 11.3 Å². The highest BCUT2D eigenvalue weighted by Crippen LogP contribution is 2.54.